The normalized spacial score (nSPS) is 24.0. The van der Waals surface area contributed by atoms with Gasteiger partial charge in [-0.15, -0.1) is 0 Å². The van der Waals surface area contributed by atoms with Gasteiger partial charge in [0.1, 0.15) is 6.04 Å². The third-order valence-corrected chi connectivity index (χ3v) is 4.80. The van der Waals surface area contributed by atoms with Crippen molar-refractivity contribution in [3.63, 3.8) is 0 Å². The van der Waals surface area contributed by atoms with Crippen molar-refractivity contribution in [2.75, 3.05) is 5.32 Å². The van der Waals surface area contributed by atoms with E-state index >= 15 is 0 Å². The maximum atomic E-state index is 12.5. The molecule has 5 nitrogen and oxygen atoms in total. The molecule has 3 atom stereocenters. The summed E-state index contributed by atoms with van der Waals surface area (Å²) in [5.41, 5.74) is 2.77. The van der Waals surface area contributed by atoms with E-state index < -0.39 is 6.04 Å². The lowest BCUT2D eigenvalue weighted by atomic mass is 9.85. The van der Waals surface area contributed by atoms with Crippen LogP contribution < -0.4 is 5.32 Å². The van der Waals surface area contributed by atoms with Gasteiger partial charge in [0.2, 0.25) is 17.7 Å². The van der Waals surface area contributed by atoms with Crippen molar-refractivity contribution in [1.82, 2.24) is 4.90 Å². The number of nitrogens with one attached hydrogen (secondary N) is 1. The predicted molar refractivity (Wildman–Crippen MR) is 91.2 cm³/mol. The van der Waals surface area contributed by atoms with Crippen molar-refractivity contribution in [3.8, 4) is 0 Å². The molecule has 1 aliphatic carbocycles. The minimum atomic E-state index is -0.809. The third kappa shape index (κ3) is 2.86. The fraction of sp³-hybridized carbons (Fsp3) is 0.421. The van der Waals surface area contributed by atoms with Gasteiger partial charge in [0.25, 0.3) is 0 Å². The molecule has 0 radical (unpaired) electrons. The highest BCUT2D eigenvalue weighted by Gasteiger charge is 2.50. The molecule has 0 spiro atoms. The number of benzene rings is 1. The number of likely N-dealkylation sites (tertiary alicyclic amines) is 1. The number of anilines is 1. The summed E-state index contributed by atoms with van der Waals surface area (Å²) in [5.74, 6) is -1.40. The molecule has 2 aliphatic rings. The van der Waals surface area contributed by atoms with Crippen LogP contribution in [0.1, 0.15) is 30.9 Å². The van der Waals surface area contributed by atoms with E-state index in [9.17, 15) is 14.4 Å². The average molecular weight is 326 g/mol. The van der Waals surface area contributed by atoms with Gasteiger partial charge in [-0.05, 0) is 56.9 Å². The van der Waals surface area contributed by atoms with Crippen LogP contribution in [0, 0.1) is 25.7 Å². The Labute approximate surface area is 141 Å². The quantitative estimate of drug-likeness (QED) is 0.686. The van der Waals surface area contributed by atoms with Crippen LogP contribution in [-0.2, 0) is 14.4 Å². The lowest BCUT2D eigenvalue weighted by Gasteiger charge is -2.22. The summed E-state index contributed by atoms with van der Waals surface area (Å²) in [6.07, 6.45) is 5.04. The van der Waals surface area contributed by atoms with Gasteiger partial charge in [0.15, 0.2) is 0 Å². The Morgan fingerprint density at radius 1 is 1.04 bits per heavy atom. The zero-order valence-electron chi connectivity index (χ0n) is 14.2. The fourth-order valence-corrected chi connectivity index (χ4v) is 3.62. The van der Waals surface area contributed by atoms with E-state index in [-0.39, 0.29) is 29.6 Å². The minimum absolute atomic E-state index is 0.225. The van der Waals surface area contributed by atoms with Gasteiger partial charge >= 0.3 is 0 Å². The Morgan fingerprint density at radius 2 is 1.54 bits per heavy atom. The number of fused-ring (bicyclic) bond motifs is 1. The first-order valence-electron chi connectivity index (χ1n) is 8.29. The summed E-state index contributed by atoms with van der Waals surface area (Å²) in [6.45, 7) is 5.52. The molecular formula is C19H22N2O3. The topological polar surface area (TPSA) is 66.5 Å². The summed E-state index contributed by atoms with van der Waals surface area (Å²) < 4.78 is 0. The molecule has 3 amide bonds. The van der Waals surface area contributed by atoms with E-state index in [1.54, 1.807) is 6.92 Å². The summed E-state index contributed by atoms with van der Waals surface area (Å²) in [7, 11) is 0. The Bertz CT molecular complexity index is 692. The zero-order chi connectivity index (χ0) is 17.4. The van der Waals surface area contributed by atoms with Crippen molar-refractivity contribution >= 4 is 23.4 Å². The number of rotatable bonds is 3. The third-order valence-electron chi connectivity index (χ3n) is 4.80. The molecule has 5 heteroatoms. The molecule has 3 rings (SSSR count). The van der Waals surface area contributed by atoms with E-state index in [2.05, 4.69) is 5.32 Å². The number of allylic oxidation sites excluding steroid dienone is 2. The molecular weight excluding hydrogens is 304 g/mol. The van der Waals surface area contributed by atoms with Crippen molar-refractivity contribution in [2.45, 2.75) is 39.7 Å². The maximum absolute atomic E-state index is 12.5. The van der Waals surface area contributed by atoms with Gasteiger partial charge in [0.05, 0.1) is 11.8 Å². The highest BCUT2D eigenvalue weighted by Crippen LogP contribution is 2.36. The molecule has 1 aliphatic heterocycles. The Morgan fingerprint density at radius 3 is 2.04 bits per heavy atom. The molecule has 1 aromatic rings. The molecule has 1 heterocycles. The standard InChI is InChI=1S/C19H22N2O3/c1-11-8-12(2)10-14(9-11)20-17(22)13(3)21-18(23)15-6-4-5-7-16(15)19(21)24/h4-5,8-10,13,15-16H,6-7H2,1-3H3,(H,20,22)/t13-,15?,16?/m0/s1. The Hall–Kier alpha value is -2.43. The first-order valence-corrected chi connectivity index (χ1v) is 8.29. The Kier molecular flexibility index (Phi) is 4.26. The van der Waals surface area contributed by atoms with Crippen LogP contribution in [0.4, 0.5) is 5.69 Å². The molecule has 1 N–H and O–H groups in total. The maximum Gasteiger partial charge on any atom is 0.247 e. The smallest absolute Gasteiger partial charge is 0.247 e. The second-order valence-electron chi connectivity index (χ2n) is 6.74. The minimum Gasteiger partial charge on any atom is -0.324 e. The molecule has 1 aromatic carbocycles. The van der Waals surface area contributed by atoms with Crippen molar-refractivity contribution in [3.05, 3.63) is 41.5 Å². The van der Waals surface area contributed by atoms with E-state index in [0.717, 1.165) is 16.0 Å². The number of hydrogen-bond acceptors (Lipinski definition) is 3. The molecule has 24 heavy (non-hydrogen) atoms. The summed E-state index contributed by atoms with van der Waals surface area (Å²) >= 11 is 0. The van der Waals surface area contributed by atoms with Crippen molar-refractivity contribution in [2.24, 2.45) is 11.8 Å². The van der Waals surface area contributed by atoms with Crippen molar-refractivity contribution < 1.29 is 14.4 Å². The van der Waals surface area contributed by atoms with Crippen LogP contribution in [0.25, 0.3) is 0 Å². The van der Waals surface area contributed by atoms with Crippen LogP contribution in [0.3, 0.4) is 0 Å². The van der Waals surface area contributed by atoms with Gasteiger partial charge in [-0.25, -0.2) is 0 Å². The van der Waals surface area contributed by atoms with Crippen LogP contribution >= 0.6 is 0 Å². The molecule has 126 valence electrons. The first kappa shape index (κ1) is 16.4. The van der Waals surface area contributed by atoms with Crippen LogP contribution in [0.15, 0.2) is 30.4 Å². The van der Waals surface area contributed by atoms with Crippen LogP contribution in [0.2, 0.25) is 0 Å². The van der Waals surface area contributed by atoms with E-state index in [1.807, 2.05) is 44.2 Å². The largest absolute Gasteiger partial charge is 0.324 e. The van der Waals surface area contributed by atoms with Crippen LogP contribution in [-0.4, -0.2) is 28.7 Å². The van der Waals surface area contributed by atoms with E-state index in [1.165, 1.54) is 0 Å². The van der Waals surface area contributed by atoms with E-state index in [4.69, 9.17) is 0 Å². The highest BCUT2D eigenvalue weighted by molar-refractivity contribution is 6.10. The zero-order valence-corrected chi connectivity index (χ0v) is 14.2. The highest BCUT2D eigenvalue weighted by atomic mass is 16.2. The molecule has 0 aromatic heterocycles. The SMILES string of the molecule is Cc1cc(C)cc(NC(=O)[C@H](C)N2C(=O)C3CC=CCC3C2=O)c1. The second-order valence-corrected chi connectivity index (χ2v) is 6.74. The fourth-order valence-electron chi connectivity index (χ4n) is 3.62. The number of carbonyl (C=O) groups excluding carboxylic acids is 3. The van der Waals surface area contributed by atoms with Gasteiger partial charge in [0, 0.05) is 5.69 Å². The number of imide groups is 1. The molecule has 0 bridgehead atoms. The number of nitrogens with zero attached hydrogens (tertiary/aromatic N) is 1. The first-order chi connectivity index (χ1) is 11.4. The van der Waals surface area contributed by atoms with Crippen molar-refractivity contribution in [1.29, 1.82) is 0 Å². The lowest BCUT2D eigenvalue weighted by molar-refractivity contribution is -0.146. The number of carbonyl (C=O) groups is 3. The monoisotopic (exact) mass is 326 g/mol. The predicted octanol–water partition coefficient (Wildman–Crippen LogP) is 2.58. The summed E-state index contributed by atoms with van der Waals surface area (Å²) in [5, 5.41) is 2.82. The van der Waals surface area contributed by atoms with Gasteiger partial charge in [-0.3, -0.25) is 19.3 Å². The summed E-state index contributed by atoms with van der Waals surface area (Å²) in [4.78, 5) is 38.8. The number of amides is 3. The van der Waals surface area contributed by atoms with Gasteiger partial charge in [-0.1, -0.05) is 18.2 Å². The van der Waals surface area contributed by atoms with E-state index in [0.29, 0.717) is 18.5 Å². The van der Waals surface area contributed by atoms with Gasteiger partial charge in [-0.2, -0.15) is 0 Å². The van der Waals surface area contributed by atoms with Crippen LogP contribution in [0.5, 0.6) is 0 Å². The Balaban J connectivity index is 1.76. The lowest BCUT2D eigenvalue weighted by Crippen LogP contribution is -2.46. The average Bonchev–Trinajstić information content (AvgIpc) is 2.77. The molecule has 2 unspecified atom stereocenters. The van der Waals surface area contributed by atoms with Gasteiger partial charge < -0.3 is 5.32 Å². The second kappa shape index (κ2) is 6.23. The molecule has 1 fully saturated rings. The number of hydrogen-bond donors (Lipinski definition) is 1. The number of aryl methyl sites for hydroxylation is 2. The summed E-state index contributed by atoms with van der Waals surface area (Å²) in [6, 6.07) is 4.95. The molecule has 0 saturated carbocycles. The molecule has 1 saturated heterocycles.